The summed E-state index contributed by atoms with van der Waals surface area (Å²) < 4.78 is 4.94. The summed E-state index contributed by atoms with van der Waals surface area (Å²) in [5.41, 5.74) is 0. The second kappa shape index (κ2) is 17.9. The van der Waals surface area contributed by atoms with Gasteiger partial charge in [0.25, 0.3) is 0 Å². The predicted molar refractivity (Wildman–Crippen MR) is 104 cm³/mol. The molecular weight excluding hydrogens is 334 g/mol. The van der Waals surface area contributed by atoms with Crippen LogP contribution in [-0.4, -0.2) is 35.3 Å². The second-order valence-corrected chi connectivity index (χ2v) is 6.13. The van der Waals surface area contributed by atoms with Crippen molar-refractivity contribution in [2.24, 2.45) is 0 Å². The van der Waals surface area contributed by atoms with Crippen LogP contribution in [0.3, 0.4) is 0 Å². The third kappa shape index (κ3) is 16.9. The third-order valence-corrected chi connectivity index (χ3v) is 3.71. The molecule has 0 radical (unpaired) electrons. The lowest BCUT2D eigenvalue weighted by molar-refractivity contribution is -0.496. The SMILES string of the molecule is CCCCCC=CCC=CC(C=CCCCCCOCC(=O)O)[N+](=O)[O-]. The van der Waals surface area contributed by atoms with Gasteiger partial charge in [0.2, 0.25) is 6.04 Å². The number of ether oxygens (including phenoxy) is 1. The van der Waals surface area contributed by atoms with Gasteiger partial charge in [-0.1, -0.05) is 50.5 Å². The van der Waals surface area contributed by atoms with Crippen molar-refractivity contribution in [1.29, 1.82) is 0 Å². The van der Waals surface area contributed by atoms with E-state index in [4.69, 9.17) is 9.84 Å². The number of nitrogens with zero attached hydrogens (tertiary/aromatic N) is 1. The first-order valence-corrected chi connectivity index (χ1v) is 9.49. The normalized spacial score (nSPS) is 13.1. The van der Waals surface area contributed by atoms with Crippen molar-refractivity contribution in [1.82, 2.24) is 0 Å². The maximum Gasteiger partial charge on any atom is 0.329 e. The highest BCUT2D eigenvalue weighted by atomic mass is 16.6. The molecule has 0 rings (SSSR count). The fraction of sp³-hybridized carbons (Fsp3) is 0.650. The quantitative estimate of drug-likeness (QED) is 0.170. The average Bonchev–Trinajstić information content (AvgIpc) is 2.60. The van der Waals surface area contributed by atoms with Crippen LogP contribution in [0.5, 0.6) is 0 Å². The van der Waals surface area contributed by atoms with E-state index in [1.807, 2.05) is 12.2 Å². The van der Waals surface area contributed by atoms with Gasteiger partial charge in [0, 0.05) is 11.5 Å². The van der Waals surface area contributed by atoms with Crippen molar-refractivity contribution >= 4 is 5.97 Å². The van der Waals surface area contributed by atoms with Gasteiger partial charge < -0.3 is 9.84 Å². The molecular formula is C20H33NO5. The molecule has 1 atom stereocenters. The number of aliphatic carboxylic acids is 1. The van der Waals surface area contributed by atoms with Crippen molar-refractivity contribution in [3.05, 3.63) is 46.6 Å². The molecule has 6 heteroatoms. The first-order chi connectivity index (χ1) is 12.6. The first kappa shape index (κ1) is 24.1. The molecule has 0 aromatic rings. The van der Waals surface area contributed by atoms with Crippen LogP contribution in [0.25, 0.3) is 0 Å². The number of hydrogen-bond donors (Lipinski definition) is 1. The molecule has 0 amide bonds. The Morgan fingerprint density at radius 1 is 1.04 bits per heavy atom. The maximum atomic E-state index is 11.1. The highest BCUT2D eigenvalue weighted by Gasteiger charge is 2.09. The molecule has 26 heavy (non-hydrogen) atoms. The summed E-state index contributed by atoms with van der Waals surface area (Å²) in [5.74, 6) is -0.959. The molecule has 0 saturated carbocycles. The van der Waals surface area contributed by atoms with Crippen LogP contribution in [-0.2, 0) is 9.53 Å². The number of hydrogen-bond acceptors (Lipinski definition) is 4. The van der Waals surface area contributed by atoms with E-state index in [1.165, 1.54) is 19.3 Å². The number of unbranched alkanes of at least 4 members (excludes halogenated alkanes) is 6. The number of carboxylic acid groups (broad SMARTS) is 1. The lowest BCUT2D eigenvalue weighted by Crippen LogP contribution is -2.13. The minimum atomic E-state index is -0.959. The molecule has 0 aliphatic heterocycles. The maximum absolute atomic E-state index is 11.1. The zero-order chi connectivity index (χ0) is 19.5. The van der Waals surface area contributed by atoms with E-state index < -0.39 is 12.0 Å². The Morgan fingerprint density at radius 3 is 2.42 bits per heavy atom. The Balaban J connectivity index is 3.86. The minimum Gasteiger partial charge on any atom is -0.480 e. The highest BCUT2D eigenvalue weighted by Crippen LogP contribution is 2.05. The van der Waals surface area contributed by atoms with Gasteiger partial charge in [-0.2, -0.15) is 0 Å². The number of carboxylic acids is 1. The fourth-order valence-corrected chi connectivity index (χ4v) is 2.27. The molecule has 0 aromatic heterocycles. The van der Waals surface area contributed by atoms with Crippen molar-refractivity contribution in [3.8, 4) is 0 Å². The van der Waals surface area contributed by atoms with Gasteiger partial charge in [-0.05, 0) is 50.7 Å². The Bertz CT molecular complexity index is 457. The van der Waals surface area contributed by atoms with Gasteiger partial charge in [0.15, 0.2) is 0 Å². The van der Waals surface area contributed by atoms with Crippen LogP contribution >= 0.6 is 0 Å². The Kier molecular flexibility index (Phi) is 16.5. The number of rotatable bonds is 17. The molecule has 0 heterocycles. The second-order valence-electron chi connectivity index (χ2n) is 6.13. The van der Waals surface area contributed by atoms with E-state index in [0.717, 1.165) is 38.5 Å². The van der Waals surface area contributed by atoms with Crippen LogP contribution in [0.1, 0.15) is 64.7 Å². The summed E-state index contributed by atoms with van der Waals surface area (Å²) in [7, 11) is 0. The Hall–Kier alpha value is -1.95. The van der Waals surface area contributed by atoms with E-state index in [9.17, 15) is 14.9 Å². The van der Waals surface area contributed by atoms with Gasteiger partial charge in [-0.3, -0.25) is 10.1 Å². The van der Waals surface area contributed by atoms with Crippen molar-refractivity contribution in [3.63, 3.8) is 0 Å². The van der Waals surface area contributed by atoms with Crippen LogP contribution in [0, 0.1) is 10.1 Å². The van der Waals surface area contributed by atoms with E-state index in [0.29, 0.717) is 6.61 Å². The first-order valence-electron chi connectivity index (χ1n) is 9.49. The monoisotopic (exact) mass is 367 g/mol. The van der Waals surface area contributed by atoms with Gasteiger partial charge >= 0.3 is 5.97 Å². The third-order valence-electron chi connectivity index (χ3n) is 3.71. The lowest BCUT2D eigenvalue weighted by Gasteiger charge is -2.01. The smallest absolute Gasteiger partial charge is 0.329 e. The summed E-state index contributed by atoms with van der Waals surface area (Å²) in [6.07, 6.45) is 20.0. The van der Waals surface area contributed by atoms with Crippen LogP contribution in [0.4, 0.5) is 0 Å². The van der Waals surface area contributed by atoms with E-state index >= 15 is 0 Å². The van der Waals surface area contributed by atoms with E-state index in [2.05, 4.69) is 19.1 Å². The molecule has 0 saturated heterocycles. The minimum absolute atomic E-state index is 0.259. The Morgan fingerprint density at radius 2 is 1.73 bits per heavy atom. The fourth-order valence-electron chi connectivity index (χ4n) is 2.27. The molecule has 148 valence electrons. The Labute approximate surface area is 156 Å². The molecule has 0 fully saturated rings. The van der Waals surface area contributed by atoms with Crippen molar-refractivity contribution in [2.45, 2.75) is 70.8 Å². The molecule has 0 aliphatic rings. The van der Waals surface area contributed by atoms with E-state index in [1.54, 1.807) is 12.2 Å². The van der Waals surface area contributed by atoms with Gasteiger partial charge in [0.1, 0.15) is 6.61 Å². The van der Waals surface area contributed by atoms with E-state index in [-0.39, 0.29) is 11.5 Å². The van der Waals surface area contributed by atoms with Gasteiger partial charge in [0.05, 0.1) is 0 Å². The lowest BCUT2D eigenvalue weighted by atomic mass is 10.1. The van der Waals surface area contributed by atoms with Gasteiger partial charge in [-0.15, -0.1) is 0 Å². The standard InChI is InChI=1S/C20H33NO5/c1-2-3-4-5-6-7-9-12-15-19(21(24)25)16-13-10-8-11-14-17-26-18-20(22)23/h6-7,12-13,15-16,19H,2-5,8-11,14,17-18H2,1H3,(H,22,23). The molecule has 0 bridgehead atoms. The summed E-state index contributed by atoms with van der Waals surface area (Å²) in [6, 6.07) is -0.776. The molecule has 1 unspecified atom stereocenters. The van der Waals surface area contributed by atoms with Crippen LogP contribution in [0.15, 0.2) is 36.5 Å². The molecule has 1 N–H and O–H groups in total. The summed E-state index contributed by atoms with van der Waals surface area (Å²) in [5, 5.41) is 19.5. The molecule has 0 spiro atoms. The topological polar surface area (TPSA) is 89.7 Å². The zero-order valence-electron chi connectivity index (χ0n) is 15.8. The van der Waals surface area contributed by atoms with Crippen LogP contribution in [0.2, 0.25) is 0 Å². The number of nitro groups is 1. The molecule has 0 aromatic carbocycles. The largest absolute Gasteiger partial charge is 0.480 e. The molecule has 0 aliphatic carbocycles. The van der Waals surface area contributed by atoms with Crippen molar-refractivity contribution in [2.75, 3.05) is 13.2 Å². The highest BCUT2D eigenvalue weighted by molar-refractivity contribution is 5.67. The van der Waals surface area contributed by atoms with Crippen LogP contribution < -0.4 is 0 Å². The zero-order valence-corrected chi connectivity index (χ0v) is 15.8. The average molecular weight is 367 g/mol. The molecule has 6 nitrogen and oxygen atoms in total. The predicted octanol–water partition coefficient (Wildman–Crippen LogP) is 4.93. The summed E-state index contributed by atoms with van der Waals surface area (Å²) in [4.78, 5) is 21.0. The number of carbonyl (C=O) groups is 1. The summed E-state index contributed by atoms with van der Waals surface area (Å²) in [6.45, 7) is 2.35. The van der Waals surface area contributed by atoms with Crippen molar-refractivity contribution < 1.29 is 19.6 Å². The summed E-state index contributed by atoms with van der Waals surface area (Å²) >= 11 is 0. The van der Waals surface area contributed by atoms with Gasteiger partial charge in [-0.25, -0.2) is 4.79 Å². The number of allylic oxidation sites excluding steroid dienone is 4.